The van der Waals surface area contributed by atoms with Gasteiger partial charge in [0.2, 0.25) is 0 Å². The Labute approximate surface area is 74.3 Å². The Morgan fingerprint density at radius 1 is 1.11 bits per heavy atom. The molecule has 0 aliphatic heterocycles. The molecular formula is C8H14Pt. The van der Waals surface area contributed by atoms with Gasteiger partial charge in [0.15, 0.2) is 0 Å². The maximum atomic E-state index is 2.92. The van der Waals surface area contributed by atoms with Crippen molar-refractivity contribution in [3.05, 3.63) is 46.6 Å². The van der Waals surface area contributed by atoms with E-state index in [4.69, 9.17) is 0 Å². The summed E-state index contributed by atoms with van der Waals surface area (Å²) in [5.41, 5.74) is 0. The van der Waals surface area contributed by atoms with E-state index in [1.807, 2.05) is 12.2 Å². The molecule has 56 valence electrons. The molecule has 0 saturated heterocycles. The van der Waals surface area contributed by atoms with Crippen LogP contribution in [0.15, 0.2) is 18.2 Å². The van der Waals surface area contributed by atoms with Gasteiger partial charge in [0.25, 0.3) is 0 Å². The van der Waals surface area contributed by atoms with Crippen LogP contribution in [-0.4, -0.2) is 0 Å². The molecule has 1 aliphatic carbocycles. The van der Waals surface area contributed by atoms with E-state index in [0.717, 1.165) is 6.42 Å². The Kier molecular flexibility index (Phi) is 40.0. The molecule has 0 heterocycles. The molecule has 9 heavy (non-hydrogen) atoms. The summed E-state index contributed by atoms with van der Waals surface area (Å²) in [6.07, 6.45) is 10.0. The van der Waals surface area contributed by atoms with Crippen molar-refractivity contribution in [1.29, 1.82) is 0 Å². The zero-order chi connectivity index (χ0) is 3.54. The molecule has 0 saturated carbocycles. The third-order valence-electron chi connectivity index (χ3n) is 0.586. The van der Waals surface area contributed by atoms with Crippen LogP contribution >= 0.6 is 0 Å². The number of allylic oxidation sites excluding steroid dienone is 4. The van der Waals surface area contributed by atoms with Crippen molar-refractivity contribution in [2.24, 2.45) is 0 Å². The van der Waals surface area contributed by atoms with Gasteiger partial charge in [0, 0.05) is 0 Å². The van der Waals surface area contributed by atoms with E-state index in [9.17, 15) is 0 Å². The first-order valence-corrected chi connectivity index (χ1v) is 1.73. The van der Waals surface area contributed by atoms with Crippen molar-refractivity contribution in [1.82, 2.24) is 0 Å². The van der Waals surface area contributed by atoms with Gasteiger partial charge in [0.1, 0.15) is 0 Å². The van der Waals surface area contributed by atoms with Crippen LogP contribution in [0.1, 0.15) is 6.42 Å². The van der Waals surface area contributed by atoms with Gasteiger partial charge >= 0.3 is 21.1 Å². The minimum atomic E-state index is 0. The molecule has 0 aromatic rings. The molecule has 0 spiro atoms. The molecule has 0 radical (unpaired) electrons. The molecule has 0 aromatic carbocycles. The normalized spacial score (nSPS) is 9.78. The van der Waals surface area contributed by atoms with E-state index in [2.05, 4.69) is 12.2 Å². The maximum absolute atomic E-state index is 2.92. The van der Waals surface area contributed by atoms with Crippen LogP contribution in [-0.2, 0) is 21.1 Å². The largest absolute Gasteiger partial charge is 4.00 e. The fraction of sp³-hybridized carbons (Fsp3) is 0.125. The van der Waals surface area contributed by atoms with Crippen LogP contribution in [0.3, 0.4) is 0 Å². The molecule has 0 aromatic heterocycles. The van der Waals surface area contributed by atoms with Crippen LogP contribution in [0.25, 0.3) is 0 Å². The third kappa shape index (κ3) is 11.6. The zero-order valence-electron chi connectivity index (χ0n) is 6.26. The molecule has 1 heteroatoms. The molecule has 0 atom stereocenters. The van der Waals surface area contributed by atoms with Crippen molar-refractivity contribution >= 4 is 0 Å². The van der Waals surface area contributed by atoms with Crippen molar-refractivity contribution < 1.29 is 21.1 Å². The van der Waals surface area contributed by atoms with Crippen LogP contribution in [0.4, 0.5) is 0 Å². The maximum Gasteiger partial charge on any atom is 4.00 e. The van der Waals surface area contributed by atoms with Gasteiger partial charge in [-0.25, -0.2) is 12.2 Å². The Balaban J connectivity index is -0.0000000312. The van der Waals surface area contributed by atoms with Gasteiger partial charge in [-0.2, -0.15) is 6.08 Å². The molecule has 0 nitrogen and oxygen atoms in total. The third-order valence-corrected chi connectivity index (χ3v) is 0.586. The first-order valence-electron chi connectivity index (χ1n) is 1.73. The molecule has 0 unspecified atom stereocenters. The van der Waals surface area contributed by atoms with E-state index in [-0.39, 0.29) is 43.3 Å². The van der Waals surface area contributed by atoms with E-state index in [1.54, 1.807) is 0 Å². The van der Waals surface area contributed by atoms with Crippen LogP contribution < -0.4 is 0 Å². The van der Waals surface area contributed by atoms with E-state index in [1.165, 1.54) is 0 Å². The Morgan fingerprint density at radius 3 is 1.78 bits per heavy atom. The summed E-state index contributed by atoms with van der Waals surface area (Å²) in [5, 5.41) is 0. The fourth-order valence-electron chi connectivity index (χ4n) is 0.340. The number of hydrogen-bond acceptors (Lipinski definition) is 0. The van der Waals surface area contributed by atoms with Crippen molar-refractivity contribution in [3.63, 3.8) is 0 Å². The summed E-state index contributed by atoms with van der Waals surface area (Å²) in [6, 6.07) is 0. The quantitative estimate of drug-likeness (QED) is 0.604. The average molecular weight is 305 g/mol. The predicted molar refractivity (Wildman–Crippen MR) is 40.8 cm³/mol. The van der Waals surface area contributed by atoms with Crippen molar-refractivity contribution in [2.45, 2.75) is 6.42 Å². The topological polar surface area (TPSA) is 0 Å². The second-order valence-corrected chi connectivity index (χ2v) is 1.01. The van der Waals surface area contributed by atoms with E-state index in [0.29, 0.717) is 0 Å². The zero-order valence-corrected chi connectivity index (χ0v) is 8.53. The summed E-state index contributed by atoms with van der Waals surface area (Å²) >= 11 is 0. The number of rotatable bonds is 0. The van der Waals surface area contributed by atoms with Gasteiger partial charge in [0.05, 0.1) is 0 Å². The van der Waals surface area contributed by atoms with Gasteiger partial charge < -0.3 is 22.3 Å². The van der Waals surface area contributed by atoms with E-state index < -0.39 is 0 Å². The first kappa shape index (κ1) is 22.9. The van der Waals surface area contributed by atoms with Gasteiger partial charge in [-0.3, -0.25) is 6.08 Å². The van der Waals surface area contributed by atoms with Crippen molar-refractivity contribution in [3.8, 4) is 0 Å². The minimum absolute atomic E-state index is 0. The average Bonchev–Trinajstić information content (AvgIpc) is 1.76. The standard InChI is InChI=1S/C5H5.3CH3.Pt/c1-2-4-5-3-1;;;;/h1-2,5H,3H2;3*1H3;/q4*-1;+4. The second-order valence-electron chi connectivity index (χ2n) is 1.01. The Hall–Kier alpha value is 0.168. The van der Waals surface area contributed by atoms with Gasteiger partial charge in [-0.05, 0) is 0 Å². The van der Waals surface area contributed by atoms with Crippen molar-refractivity contribution in [2.75, 3.05) is 0 Å². The smallest absolute Gasteiger partial charge is 0.358 e. The predicted octanol–water partition coefficient (Wildman–Crippen LogP) is 2.65. The molecular weight excluding hydrogens is 291 g/mol. The fourth-order valence-corrected chi connectivity index (χ4v) is 0.340. The number of hydrogen-bond donors (Lipinski definition) is 0. The molecule has 0 N–H and O–H groups in total. The monoisotopic (exact) mass is 305 g/mol. The van der Waals surface area contributed by atoms with Gasteiger partial charge in [-0.15, -0.1) is 6.42 Å². The minimum Gasteiger partial charge on any atom is -0.358 e. The van der Waals surface area contributed by atoms with Crippen LogP contribution in [0, 0.1) is 28.4 Å². The summed E-state index contributed by atoms with van der Waals surface area (Å²) in [6.45, 7) is 0. The van der Waals surface area contributed by atoms with Crippen LogP contribution in [0.2, 0.25) is 0 Å². The first-order chi connectivity index (χ1) is 2.50. The molecule has 0 fully saturated rings. The summed E-state index contributed by atoms with van der Waals surface area (Å²) in [5.74, 6) is 0. The summed E-state index contributed by atoms with van der Waals surface area (Å²) in [7, 11) is 0. The van der Waals surface area contributed by atoms with Crippen LogP contribution in [0.5, 0.6) is 0 Å². The SMILES string of the molecule is [C-]1=CCC=C1.[CH3-].[CH3-].[CH3-].[Pt+4]. The van der Waals surface area contributed by atoms with E-state index >= 15 is 0 Å². The molecule has 0 bridgehead atoms. The Morgan fingerprint density at radius 2 is 1.67 bits per heavy atom. The molecule has 1 rings (SSSR count). The second kappa shape index (κ2) is 15.7. The Bertz CT molecular complexity index is 62.6. The van der Waals surface area contributed by atoms with Gasteiger partial charge in [-0.1, -0.05) is 0 Å². The molecule has 1 aliphatic rings. The molecule has 0 amide bonds. The summed E-state index contributed by atoms with van der Waals surface area (Å²) < 4.78 is 0. The summed E-state index contributed by atoms with van der Waals surface area (Å²) in [4.78, 5) is 0.